The predicted molar refractivity (Wildman–Crippen MR) is 103 cm³/mol. The third-order valence-electron chi connectivity index (χ3n) is 3.91. The van der Waals surface area contributed by atoms with Crippen LogP contribution in [0.1, 0.15) is 16.8 Å². The SMILES string of the molecule is O=C(NCCCn1ccnc1)c1ccccc1NS(=O)(=O)c1ccccc1. The monoisotopic (exact) mass is 384 g/mol. The lowest BCUT2D eigenvalue weighted by Crippen LogP contribution is -2.26. The van der Waals surface area contributed by atoms with Crippen LogP contribution < -0.4 is 10.0 Å². The van der Waals surface area contributed by atoms with Crippen LogP contribution >= 0.6 is 0 Å². The molecular weight excluding hydrogens is 364 g/mol. The second-order valence-electron chi connectivity index (χ2n) is 5.87. The van der Waals surface area contributed by atoms with Crippen molar-refractivity contribution in [1.29, 1.82) is 0 Å². The van der Waals surface area contributed by atoms with Crippen LogP contribution in [0, 0.1) is 0 Å². The van der Waals surface area contributed by atoms with Crippen LogP contribution in [0.3, 0.4) is 0 Å². The van der Waals surface area contributed by atoms with Crippen LogP contribution in [0.4, 0.5) is 5.69 Å². The van der Waals surface area contributed by atoms with Gasteiger partial charge in [-0.2, -0.15) is 0 Å². The summed E-state index contributed by atoms with van der Waals surface area (Å²) in [5.41, 5.74) is 0.521. The van der Waals surface area contributed by atoms with Crippen molar-refractivity contribution in [1.82, 2.24) is 14.9 Å². The second-order valence-corrected chi connectivity index (χ2v) is 7.56. The van der Waals surface area contributed by atoms with Gasteiger partial charge in [0, 0.05) is 25.5 Å². The van der Waals surface area contributed by atoms with E-state index in [1.807, 2.05) is 10.8 Å². The van der Waals surface area contributed by atoms with Gasteiger partial charge in [0.25, 0.3) is 15.9 Å². The first-order valence-corrected chi connectivity index (χ1v) is 9.95. The molecule has 0 fully saturated rings. The third kappa shape index (κ3) is 4.95. The number of hydrogen-bond donors (Lipinski definition) is 2. The molecule has 3 aromatic rings. The number of amides is 1. The Balaban J connectivity index is 1.65. The van der Waals surface area contributed by atoms with Gasteiger partial charge in [0.2, 0.25) is 0 Å². The fraction of sp³-hybridized carbons (Fsp3) is 0.158. The smallest absolute Gasteiger partial charge is 0.261 e. The highest BCUT2D eigenvalue weighted by atomic mass is 32.2. The zero-order valence-electron chi connectivity index (χ0n) is 14.6. The average Bonchev–Trinajstić information content (AvgIpc) is 3.19. The Bertz CT molecular complexity index is 987. The average molecular weight is 384 g/mol. The first-order valence-electron chi connectivity index (χ1n) is 8.47. The number of carbonyl (C=O) groups excluding carboxylic acids is 1. The Kier molecular flexibility index (Phi) is 5.87. The Morgan fingerprint density at radius 3 is 2.52 bits per heavy atom. The minimum atomic E-state index is -3.76. The number of benzene rings is 2. The van der Waals surface area contributed by atoms with E-state index in [0.717, 1.165) is 13.0 Å². The van der Waals surface area contributed by atoms with Crippen molar-refractivity contribution in [2.45, 2.75) is 17.9 Å². The highest BCUT2D eigenvalue weighted by Crippen LogP contribution is 2.20. The van der Waals surface area contributed by atoms with Crippen molar-refractivity contribution >= 4 is 21.6 Å². The van der Waals surface area contributed by atoms with Crippen LogP contribution in [0.15, 0.2) is 78.2 Å². The van der Waals surface area contributed by atoms with Crippen molar-refractivity contribution in [3.05, 3.63) is 78.9 Å². The Labute approximate surface area is 158 Å². The molecule has 3 rings (SSSR count). The minimum Gasteiger partial charge on any atom is -0.352 e. The summed E-state index contributed by atoms with van der Waals surface area (Å²) in [7, 11) is -3.76. The van der Waals surface area contributed by atoms with Gasteiger partial charge in [0.1, 0.15) is 0 Å². The summed E-state index contributed by atoms with van der Waals surface area (Å²) in [4.78, 5) is 16.6. The molecule has 0 saturated heterocycles. The number of aryl methyl sites for hydroxylation is 1. The maximum Gasteiger partial charge on any atom is 0.261 e. The number of anilines is 1. The largest absolute Gasteiger partial charge is 0.352 e. The van der Waals surface area contributed by atoms with Gasteiger partial charge in [-0.3, -0.25) is 9.52 Å². The Hall–Kier alpha value is -3.13. The van der Waals surface area contributed by atoms with Gasteiger partial charge in [-0.25, -0.2) is 13.4 Å². The van der Waals surface area contributed by atoms with E-state index < -0.39 is 10.0 Å². The minimum absolute atomic E-state index is 0.139. The molecule has 7 nitrogen and oxygen atoms in total. The van der Waals surface area contributed by atoms with Crippen LogP contribution in [-0.4, -0.2) is 30.4 Å². The number of nitrogens with zero attached hydrogens (tertiary/aromatic N) is 2. The van der Waals surface area contributed by atoms with Gasteiger partial charge in [0.05, 0.1) is 22.5 Å². The highest BCUT2D eigenvalue weighted by molar-refractivity contribution is 7.92. The van der Waals surface area contributed by atoms with Crippen molar-refractivity contribution < 1.29 is 13.2 Å². The van der Waals surface area contributed by atoms with E-state index >= 15 is 0 Å². The topological polar surface area (TPSA) is 93.1 Å². The molecular formula is C19H20N4O3S. The van der Waals surface area contributed by atoms with Crippen molar-refractivity contribution in [2.75, 3.05) is 11.3 Å². The van der Waals surface area contributed by atoms with Gasteiger partial charge in [-0.05, 0) is 30.7 Å². The van der Waals surface area contributed by atoms with Gasteiger partial charge in [-0.1, -0.05) is 30.3 Å². The molecule has 1 aromatic heterocycles. The molecule has 0 aliphatic heterocycles. The molecule has 8 heteroatoms. The summed E-state index contributed by atoms with van der Waals surface area (Å²) in [6, 6.07) is 14.6. The number of hydrogen-bond acceptors (Lipinski definition) is 4. The molecule has 1 amide bonds. The molecule has 0 aliphatic rings. The van der Waals surface area contributed by atoms with Crippen molar-refractivity contribution in [2.24, 2.45) is 0 Å². The lowest BCUT2D eigenvalue weighted by atomic mass is 10.1. The highest BCUT2D eigenvalue weighted by Gasteiger charge is 2.18. The number of nitrogens with one attached hydrogen (secondary N) is 2. The summed E-state index contributed by atoms with van der Waals surface area (Å²) >= 11 is 0. The molecule has 0 aliphatic carbocycles. The maximum atomic E-state index is 12.5. The molecule has 0 radical (unpaired) electrons. The van der Waals surface area contributed by atoms with E-state index in [2.05, 4.69) is 15.0 Å². The van der Waals surface area contributed by atoms with Crippen LogP contribution in [0.5, 0.6) is 0 Å². The molecule has 0 bridgehead atoms. The van der Waals surface area contributed by atoms with E-state index in [1.54, 1.807) is 55.0 Å². The Morgan fingerprint density at radius 2 is 1.78 bits per heavy atom. The number of rotatable bonds is 8. The summed E-state index contributed by atoms with van der Waals surface area (Å²) in [5.74, 6) is -0.327. The number of carbonyl (C=O) groups is 1. The fourth-order valence-electron chi connectivity index (χ4n) is 2.55. The lowest BCUT2D eigenvalue weighted by Gasteiger charge is -2.13. The molecule has 0 saturated carbocycles. The number of imidazole rings is 1. The molecule has 1 heterocycles. The van der Waals surface area contributed by atoms with E-state index in [-0.39, 0.29) is 22.1 Å². The van der Waals surface area contributed by atoms with Crippen molar-refractivity contribution in [3.63, 3.8) is 0 Å². The summed E-state index contributed by atoms with van der Waals surface area (Å²) < 4.78 is 29.5. The van der Waals surface area contributed by atoms with Crippen molar-refractivity contribution in [3.8, 4) is 0 Å². The lowest BCUT2D eigenvalue weighted by molar-refractivity contribution is 0.0953. The van der Waals surface area contributed by atoms with Crippen LogP contribution in [-0.2, 0) is 16.6 Å². The first kappa shape index (κ1) is 18.7. The normalized spacial score (nSPS) is 11.1. The van der Waals surface area contributed by atoms with E-state index in [9.17, 15) is 13.2 Å². The van der Waals surface area contributed by atoms with E-state index in [4.69, 9.17) is 0 Å². The fourth-order valence-corrected chi connectivity index (χ4v) is 3.65. The molecule has 0 spiro atoms. The van der Waals surface area contributed by atoms with Crippen LogP contribution in [0.25, 0.3) is 0 Å². The third-order valence-corrected chi connectivity index (χ3v) is 5.29. The molecule has 2 aromatic carbocycles. The zero-order valence-corrected chi connectivity index (χ0v) is 15.4. The standard InChI is InChI=1S/C19H20N4O3S/c24-19(21-11-6-13-23-14-12-20-15-23)17-9-4-5-10-18(17)22-27(25,26)16-7-2-1-3-8-16/h1-5,7-10,12,14-15,22H,6,11,13H2,(H,21,24). The quantitative estimate of drug-likeness (QED) is 0.584. The van der Waals surface area contributed by atoms with Gasteiger partial charge >= 0.3 is 0 Å². The second kappa shape index (κ2) is 8.50. The van der Waals surface area contributed by atoms with Gasteiger partial charge in [0.15, 0.2) is 0 Å². The summed E-state index contributed by atoms with van der Waals surface area (Å²) in [6.45, 7) is 1.21. The Morgan fingerprint density at radius 1 is 1.04 bits per heavy atom. The molecule has 140 valence electrons. The van der Waals surface area contributed by atoms with Crippen LogP contribution in [0.2, 0.25) is 0 Å². The molecule has 2 N–H and O–H groups in total. The van der Waals surface area contributed by atoms with Gasteiger partial charge in [-0.15, -0.1) is 0 Å². The maximum absolute atomic E-state index is 12.5. The summed E-state index contributed by atoms with van der Waals surface area (Å²) in [6.07, 6.45) is 6.01. The molecule has 0 atom stereocenters. The summed E-state index contributed by atoms with van der Waals surface area (Å²) in [5, 5.41) is 2.82. The zero-order chi connectivity index (χ0) is 19.1. The number of sulfonamides is 1. The van der Waals surface area contributed by atoms with E-state index in [1.165, 1.54) is 12.1 Å². The number of aromatic nitrogens is 2. The first-order chi connectivity index (χ1) is 13.1. The van der Waals surface area contributed by atoms with E-state index in [0.29, 0.717) is 6.54 Å². The predicted octanol–water partition coefficient (Wildman–Crippen LogP) is 2.50. The molecule has 27 heavy (non-hydrogen) atoms. The molecule has 0 unspecified atom stereocenters. The van der Waals surface area contributed by atoms with Gasteiger partial charge < -0.3 is 9.88 Å². The number of para-hydroxylation sites is 1.